The number of carbonyl (C=O) groups excluding carboxylic acids is 1. The molecule has 0 heterocycles. The molecule has 0 aromatic heterocycles. The predicted molar refractivity (Wildman–Crippen MR) is 77.5 cm³/mol. The first-order valence-electron chi connectivity index (χ1n) is 6.30. The summed E-state index contributed by atoms with van der Waals surface area (Å²) in [5.74, 6) is -5.22. The Kier molecular flexibility index (Phi) is 5.35. The molecule has 8 heteroatoms. The number of carboxylic acids is 1. The number of anilines is 1. The monoisotopic (exact) mass is 335 g/mol. The van der Waals surface area contributed by atoms with Crippen molar-refractivity contribution in [3.63, 3.8) is 0 Å². The number of aliphatic carboxylic acids is 1. The molecular formula is C14H16ClF2NO4. The van der Waals surface area contributed by atoms with Gasteiger partial charge < -0.3 is 9.84 Å². The maximum atomic E-state index is 13.8. The molecule has 1 aromatic carbocycles. The van der Waals surface area contributed by atoms with Gasteiger partial charge >= 0.3 is 12.1 Å². The lowest BCUT2D eigenvalue weighted by Gasteiger charge is -2.21. The summed E-state index contributed by atoms with van der Waals surface area (Å²) in [6.07, 6.45) is -2.21. The molecule has 0 saturated heterocycles. The highest BCUT2D eigenvalue weighted by molar-refractivity contribution is 6.33. The van der Waals surface area contributed by atoms with Gasteiger partial charge in [0.2, 0.25) is 0 Å². The number of amides is 1. The highest BCUT2D eigenvalue weighted by Gasteiger charge is 2.35. The third-order valence-electron chi connectivity index (χ3n) is 2.40. The number of hydrogen-bond donors (Lipinski definition) is 2. The molecule has 0 aliphatic heterocycles. The van der Waals surface area contributed by atoms with E-state index in [0.29, 0.717) is 0 Å². The molecule has 5 nitrogen and oxygen atoms in total. The first-order valence-corrected chi connectivity index (χ1v) is 6.68. The second-order valence-electron chi connectivity index (χ2n) is 5.60. The van der Waals surface area contributed by atoms with Gasteiger partial charge in [-0.1, -0.05) is 17.7 Å². The second-order valence-corrected chi connectivity index (χ2v) is 6.00. The smallest absolute Gasteiger partial charge is 0.412 e. The minimum atomic E-state index is -3.58. The number of halogens is 3. The lowest BCUT2D eigenvalue weighted by atomic mass is 10.0. The first kappa shape index (κ1) is 18.2. The van der Waals surface area contributed by atoms with Gasteiger partial charge in [-0.15, -0.1) is 0 Å². The molecule has 0 fully saturated rings. The van der Waals surface area contributed by atoms with Crippen LogP contribution in [0, 0.1) is 0 Å². The summed E-state index contributed by atoms with van der Waals surface area (Å²) in [7, 11) is 0. The average molecular weight is 336 g/mol. The van der Waals surface area contributed by atoms with E-state index >= 15 is 0 Å². The van der Waals surface area contributed by atoms with Crippen LogP contribution in [-0.4, -0.2) is 22.8 Å². The fraction of sp³-hybridized carbons (Fsp3) is 0.429. The predicted octanol–water partition coefficient (Wildman–Crippen LogP) is 4.25. The van der Waals surface area contributed by atoms with Gasteiger partial charge in [0.1, 0.15) is 12.0 Å². The number of ether oxygens (including phenoxy) is 1. The van der Waals surface area contributed by atoms with E-state index in [4.69, 9.17) is 21.4 Å². The molecule has 0 saturated carbocycles. The van der Waals surface area contributed by atoms with Crippen molar-refractivity contribution in [2.45, 2.75) is 38.7 Å². The number of benzene rings is 1. The lowest BCUT2D eigenvalue weighted by molar-refractivity contribution is -0.145. The van der Waals surface area contributed by atoms with Crippen LogP contribution in [0.3, 0.4) is 0 Å². The second kappa shape index (κ2) is 6.48. The fourth-order valence-electron chi connectivity index (χ4n) is 1.55. The SMILES string of the molecule is CC(C)(C)OC(=O)Nc1cc(C(F)(F)CC(=O)O)ccc1Cl. The number of carbonyl (C=O) groups is 2. The van der Waals surface area contributed by atoms with Gasteiger partial charge in [-0.2, -0.15) is 0 Å². The lowest BCUT2D eigenvalue weighted by Crippen LogP contribution is -2.27. The average Bonchev–Trinajstić information content (AvgIpc) is 2.27. The van der Waals surface area contributed by atoms with Gasteiger partial charge in [0.15, 0.2) is 0 Å². The molecule has 2 N–H and O–H groups in total. The third-order valence-corrected chi connectivity index (χ3v) is 2.73. The Morgan fingerprint density at radius 3 is 2.41 bits per heavy atom. The van der Waals surface area contributed by atoms with Crippen molar-refractivity contribution in [3.05, 3.63) is 28.8 Å². The molecule has 1 amide bonds. The number of alkyl halides is 2. The van der Waals surface area contributed by atoms with E-state index in [2.05, 4.69) is 5.32 Å². The summed E-state index contributed by atoms with van der Waals surface area (Å²) in [6, 6.07) is 3.08. The molecule has 22 heavy (non-hydrogen) atoms. The van der Waals surface area contributed by atoms with Crippen LogP contribution in [0.2, 0.25) is 5.02 Å². The highest BCUT2D eigenvalue weighted by atomic mass is 35.5. The zero-order chi connectivity index (χ0) is 17.1. The molecule has 0 atom stereocenters. The fourth-order valence-corrected chi connectivity index (χ4v) is 1.72. The number of carboxylic acid groups (broad SMARTS) is 1. The van der Waals surface area contributed by atoms with Crippen LogP contribution in [0.4, 0.5) is 19.3 Å². The molecule has 0 spiro atoms. The van der Waals surface area contributed by atoms with Crippen molar-refractivity contribution in [3.8, 4) is 0 Å². The molecule has 0 aliphatic rings. The van der Waals surface area contributed by atoms with Crippen LogP contribution in [0.15, 0.2) is 18.2 Å². The van der Waals surface area contributed by atoms with Crippen molar-refractivity contribution < 1.29 is 28.2 Å². The third kappa shape index (κ3) is 5.48. The van der Waals surface area contributed by atoms with Gasteiger partial charge in [-0.25, -0.2) is 13.6 Å². The molecule has 0 aliphatic carbocycles. The quantitative estimate of drug-likeness (QED) is 0.862. The molecule has 0 bridgehead atoms. The van der Waals surface area contributed by atoms with E-state index in [-0.39, 0.29) is 10.7 Å². The van der Waals surface area contributed by atoms with Crippen molar-refractivity contribution in [2.24, 2.45) is 0 Å². The van der Waals surface area contributed by atoms with E-state index in [1.807, 2.05) is 0 Å². The Balaban J connectivity index is 3.00. The molecule has 1 aromatic rings. The Morgan fingerprint density at radius 1 is 1.32 bits per heavy atom. The van der Waals surface area contributed by atoms with Crippen LogP contribution in [0.25, 0.3) is 0 Å². The van der Waals surface area contributed by atoms with Gasteiger partial charge in [0.25, 0.3) is 5.92 Å². The maximum Gasteiger partial charge on any atom is 0.412 e. The number of rotatable bonds is 4. The molecule has 1 rings (SSSR count). The highest BCUT2D eigenvalue weighted by Crippen LogP contribution is 2.35. The van der Waals surface area contributed by atoms with Gasteiger partial charge in [-0.3, -0.25) is 10.1 Å². The standard InChI is InChI=1S/C14H16ClF2NO4/c1-13(2,3)22-12(21)18-10-6-8(4-5-9(10)15)14(16,17)7-11(19)20/h4-6H,7H2,1-3H3,(H,18,21)(H,19,20). The Morgan fingerprint density at radius 2 is 1.91 bits per heavy atom. The van der Waals surface area contributed by atoms with Crippen LogP contribution in [0.5, 0.6) is 0 Å². The van der Waals surface area contributed by atoms with Crippen LogP contribution >= 0.6 is 11.6 Å². The van der Waals surface area contributed by atoms with Crippen molar-refractivity contribution in [1.82, 2.24) is 0 Å². The van der Waals surface area contributed by atoms with E-state index < -0.39 is 35.6 Å². The molecule has 0 radical (unpaired) electrons. The summed E-state index contributed by atoms with van der Waals surface area (Å²) >= 11 is 5.84. The maximum absolute atomic E-state index is 13.8. The van der Waals surface area contributed by atoms with Crippen LogP contribution in [0.1, 0.15) is 32.8 Å². The first-order chi connectivity index (χ1) is 9.90. The van der Waals surface area contributed by atoms with Crippen LogP contribution < -0.4 is 5.32 Å². The summed E-state index contributed by atoms with van der Waals surface area (Å²) in [5.41, 5.74) is -1.41. The largest absolute Gasteiger partial charge is 0.481 e. The minimum Gasteiger partial charge on any atom is -0.481 e. The topological polar surface area (TPSA) is 75.6 Å². The zero-order valence-corrected chi connectivity index (χ0v) is 13.0. The van der Waals surface area contributed by atoms with Gasteiger partial charge in [0, 0.05) is 5.56 Å². The molecular weight excluding hydrogens is 320 g/mol. The van der Waals surface area contributed by atoms with Crippen molar-refractivity contribution in [1.29, 1.82) is 0 Å². The summed E-state index contributed by atoms with van der Waals surface area (Å²) in [6.45, 7) is 4.93. The van der Waals surface area contributed by atoms with Crippen molar-refractivity contribution in [2.75, 3.05) is 5.32 Å². The minimum absolute atomic E-state index is 0.0285. The number of nitrogens with one attached hydrogen (secondary N) is 1. The van der Waals surface area contributed by atoms with E-state index in [9.17, 15) is 18.4 Å². The molecule has 0 unspecified atom stereocenters. The Labute approximate surface area is 131 Å². The summed E-state index contributed by atoms with van der Waals surface area (Å²) < 4.78 is 32.5. The number of hydrogen-bond acceptors (Lipinski definition) is 3. The molecule has 122 valence electrons. The Bertz CT molecular complexity index is 585. The Hall–Kier alpha value is -1.89. The normalized spacial score (nSPS) is 11.9. The zero-order valence-electron chi connectivity index (χ0n) is 12.2. The van der Waals surface area contributed by atoms with Crippen molar-refractivity contribution >= 4 is 29.4 Å². The van der Waals surface area contributed by atoms with Crippen LogP contribution in [-0.2, 0) is 15.5 Å². The van der Waals surface area contributed by atoms with E-state index in [1.54, 1.807) is 20.8 Å². The van der Waals surface area contributed by atoms with Gasteiger partial charge in [-0.05, 0) is 32.9 Å². The summed E-state index contributed by atoms with van der Waals surface area (Å²) in [5, 5.41) is 10.8. The van der Waals surface area contributed by atoms with E-state index in [1.165, 1.54) is 0 Å². The van der Waals surface area contributed by atoms with Gasteiger partial charge in [0.05, 0.1) is 10.7 Å². The summed E-state index contributed by atoms with van der Waals surface area (Å²) in [4.78, 5) is 22.1. The van der Waals surface area contributed by atoms with E-state index in [0.717, 1.165) is 18.2 Å².